The minimum absolute atomic E-state index is 0.185. The van der Waals surface area contributed by atoms with Crippen molar-refractivity contribution in [1.82, 2.24) is 20.2 Å². The Morgan fingerprint density at radius 2 is 1.88 bits per heavy atom. The molecular formula is C19H27N5O2. The lowest BCUT2D eigenvalue weighted by Gasteiger charge is -2.11. The van der Waals surface area contributed by atoms with Crippen LogP contribution >= 0.6 is 0 Å². The van der Waals surface area contributed by atoms with E-state index in [9.17, 15) is 4.79 Å². The molecule has 2 rings (SSSR count). The molecule has 0 saturated heterocycles. The monoisotopic (exact) mass is 357 g/mol. The maximum Gasteiger partial charge on any atom is 0.270 e. The van der Waals surface area contributed by atoms with E-state index >= 15 is 0 Å². The van der Waals surface area contributed by atoms with Crippen LogP contribution < -0.4 is 15.4 Å². The number of carbonyl (C=O) groups is 1. The number of aromatic nitrogens is 2. The molecule has 2 N–H and O–H groups in total. The number of ether oxygens (including phenoxy) is 1. The molecule has 0 unspecified atom stereocenters. The average Bonchev–Trinajstić information content (AvgIpc) is 2.61. The highest BCUT2D eigenvalue weighted by atomic mass is 16.5. The number of nitrogens with one attached hydrogen (secondary N) is 2. The van der Waals surface area contributed by atoms with Crippen LogP contribution in [-0.4, -0.2) is 61.6 Å². The number of aryl methyl sites for hydroxylation is 1. The molecule has 0 radical (unpaired) electrons. The molecule has 1 amide bonds. The largest absolute Gasteiger partial charge is 0.497 e. The number of anilines is 1. The van der Waals surface area contributed by atoms with Gasteiger partial charge in [-0.25, -0.2) is 9.97 Å². The van der Waals surface area contributed by atoms with Crippen LogP contribution in [0, 0.1) is 6.92 Å². The summed E-state index contributed by atoms with van der Waals surface area (Å²) in [6, 6.07) is 9.65. The summed E-state index contributed by atoms with van der Waals surface area (Å²) in [5, 5.41) is 6.13. The molecule has 7 heteroatoms. The van der Waals surface area contributed by atoms with Gasteiger partial charge in [0.05, 0.1) is 7.11 Å². The molecule has 1 heterocycles. The zero-order valence-electron chi connectivity index (χ0n) is 15.9. The first-order valence-corrected chi connectivity index (χ1v) is 8.63. The lowest BCUT2D eigenvalue weighted by molar-refractivity contribution is 0.0945. The van der Waals surface area contributed by atoms with Gasteiger partial charge in [-0.05, 0) is 45.1 Å². The van der Waals surface area contributed by atoms with Crippen LogP contribution in [0.3, 0.4) is 0 Å². The fraction of sp³-hybridized carbons (Fsp3) is 0.421. The Hall–Kier alpha value is -2.67. The summed E-state index contributed by atoms with van der Waals surface area (Å²) in [6.45, 7) is 3.85. The molecule has 0 aliphatic heterocycles. The Morgan fingerprint density at radius 3 is 2.54 bits per heavy atom. The molecular weight excluding hydrogens is 330 g/mol. The fourth-order valence-electron chi connectivity index (χ4n) is 2.39. The Kier molecular flexibility index (Phi) is 7.35. The third kappa shape index (κ3) is 6.33. The van der Waals surface area contributed by atoms with Gasteiger partial charge in [-0.2, -0.15) is 0 Å². The van der Waals surface area contributed by atoms with Gasteiger partial charge in [0.1, 0.15) is 23.1 Å². The topological polar surface area (TPSA) is 79.4 Å². The summed E-state index contributed by atoms with van der Waals surface area (Å²) in [4.78, 5) is 22.8. The second-order valence-electron chi connectivity index (χ2n) is 6.27. The molecule has 0 saturated carbocycles. The first-order valence-electron chi connectivity index (χ1n) is 8.63. The van der Waals surface area contributed by atoms with Gasteiger partial charge >= 0.3 is 0 Å². The quantitative estimate of drug-likeness (QED) is 0.712. The van der Waals surface area contributed by atoms with Gasteiger partial charge in [0.2, 0.25) is 0 Å². The minimum atomic E-state index is -0.185. The number of rotatable bonds is 9. The van der Waals surface area contributed by atoms with Crippen molar-refractivity contribution in [2.24, 2.45) is 0 Å². The standard InChI is InChI=1S/C19H27N5O2/c1-14-22-17(19(25)21-11-12-24(2)3)13-18(23-14)20-10-9-15-5-7-16(26-4)8-6-15/h5-8,13H,9-12H2,1-4H3,(H,21,25)(H,20,22,23). The van der Waals surface area contributed by atoms with Crippen LogP contribution in [0.25, 0.3) is 0 Å². The van der Waals surface area contributed by atoms with Crippen LogP contribution in [0.1, 0.15) is 21.9 Å². The Balaban J connectivity index is 1.90. The molecule has 2 aromatic rings. The van der Waals surface area contributed by atoms with E-state index in [1.54, 1.807) is 20.1 Å². The van der Waals surface area contributed by atoms with Crippen molar-refractivity contribution < 1.29 is 9.53 Å². The summed E-state index contributed by atoms with van der Waals surface area (Å²) in [7, 11) is 5.58. The summed E-state index contributed by atoms with van der Waals surface area (Å²) < 4.78 is 5.16. The first-order chi connectivity index (χ1) is 12.5. The van der Waals surface area contributed by atoms with Crippen molar-refractivity contribution in [2.75, 3.05) is 46.2 Å². The number of hydrogen-bond acceptors (Lipinski definition) is 6. The van der Waals surface area contributed by atoms with Gasteiger partial charge in [0.25, 0.3) is 5.91 Å². The van der Waals surface area contributed by atoms with E-state index in [0.717, 1.165) is 18.7 Å². The number of methoxy groups -OCH3 is 1. The van der Waals surface area contributed by atoms with E-state index in [1.807, 2.05) is 43.3 Å². The molecule has 1 aromatic carbocycles. The van der Waals surface area contributed by atoms with Gasteiger partial charge < -0.3 is 20.3 Å². The van der Waals surface area contributed by atoms with E-state index in [2.05, 4.69) is 20.6 Å². The van der Waals surface area contributed by atoms with Crippen molar-refractivity contribution in [2.45, 2.75) is 13.3 Å². The van der Waals surface area contributed by atoms with Crippen LogP contribution in [-0.2, 0) is 6.42 Å². The highest BCUT2D eigenvalue weighted by molar-refractivity contribution is 5.92. The van der Waals surface area contributed by atoms with Gasteiger partial charge in [0, 0.05) is 25.7 Å². The maximum absolute atomic E-state index is 12.2. The first kappa shape index (κ1) is 19.7. The van der Waals surface area contributed by atoms with Crippen molar-refractivity contribution >= 4 is 11.7 Å². The molecule has 0 aliphatic rings. The number of likely N-dealkylation sites (N-methyl/N-ethyl adjacent to an activating group) is 1. The summed E-state index contributed by atoms with van der Waals surface area (Å²) in [5.41, 5.74) is 1.58. The van der Waals surface area contributed by atoms with Crippen LogP contribution in [0.4, 0.5) is 5.82 Å². The zero-order chi connectivity index (χ0) is 18.9. The number of carbonyl (C=O) groups excluding carboxylic acids is 1. The van der Waals surface area contributed by atoms with Gasteiger partial charge in [0.15, 0.2) is 0 Å². The molecule has 0 aliphatic carbocycles. The third-order valence-electron chi connectivity index (χ3n) is 3.79. The predicted molar refractivity (Wildman–Crippen MR) is 103 cm³/mol. The number of hydrogen-bond donors (Lipinski definition) is 2. The van der Waals surface area contributed by atoms with Gasteiger partial charge in [-0.1, -0.05) is 12.1 Å². The second kappa shape index (κ2) is 9.72. The second-order valence-corrected chi connectivity index (χ2v) is 6.27. The smallest absolute Gasteiger partial charge is 0.270 e. The third-order valence-corrected chi connectivity index (χ3v) is 3.79. The highest BCUT2D eigenvalue weighted by Crippen LogP contribution is 2.12. The summed E-state index contributed by atoms with van der Waals surface area (Å²) >= 11 is 0. The van der Waals surface area contributed by atoms with Gasteiger partial charge in [-0.15, -0.1) is 0 Å². The van der Waals surface area contributed by atoms with E-state index < -0.39 is 0 Å². The average molecular weight is 357 g/mol. The molecule has 140 valence electrons. The van der Waals surface area contributed by atoms with E-state index in [1.165, 1.54) is 5.56 Å². The lowest BCUT2D eigenvalue weighted by atomic mass is 10.1. The van der Waals surface area contributed by atoms with Crippen LogP contribution in [0.15, 0.2) is 30.3 Å². The zero-order valence-corrected chi connectivity index (χ0v) is 15.9. The van der Waals surface area contributed by atoms with Crippen molar-refractivity contribution in [3.05, 3.63) is 47.4 Å². The molecule has 0 atom stereocenters. The highest BCUT2D eigenvalue weighted by Gasteiger charge is 2.10. The van der Waals surface area contributed by atoms with Crippen molar-refractivity contribution in [3.63, 3.8) is 0 Å². The minimum Gasteiger partial charge on any atom is -0.497 e. The molecule has 0 spiro atoms. The van der Waals surface area contributed by atoms with Crippen molar-refractivity contribution in [3.8, 4) is 5.75 Å². The van der Waals surface area contributed by atoms with Crippen LogP contribution in [0.2, 0.25) is 0 Å². The number of nitrogens with zero attached hydrogens (tertiary/aromatic N) is 3. The Labute approximate surface area is 154 Å². The summed E-state index contributed by atoms with van der Waals surface area (Å²) in [5.74, 6) is 1.88. The SMILES string of the molecule is COc1ccc(CCNc2cc(C(=O)NCCN(C)C)nc(C)n2)cc1. The Bertz CT molecular complexity index is 716. The van der Waals surface area contributed by atoms with E-state index in [-0.39, 0.29) is 5.91 Å². The van der Waals surface area contributed by atoms with Gasteiger partial charge in [-0.3, -0.25) is 4.79 Å². The number of amides is 1. The molecule has 1 aromatic heterocycles. The van der Waals surface area contributed by atoms with Crippen LogP contribution in [0.5, 0.6) is 5.75 Å². The molecule has 0 bridgehead atoms. The fourth-order valence-corrected chi connectivity index (χ4v) is 2.39. The lowest BCUT2D eigenvalue weighted by Crippen LogP contribution is -2.32. The summed E-state index contributed by atoms with van der Waals surface area (Å²) in [6.07, 6.45) is 0.845. The normalized spacial score (nSPS) is 10.7. The van der Waals surface area contributed by atoms with E-state index in [0.29, 0.717) is 30.4 Å². The molecule has 0 fully saturated rings. The predicted octanol–water partition coefficient (Wildman–Crippen LogP) is 1.74. The molecule has 7 nitrogen and oxygen atoms in total. The number of benzene rings is 1. The maximum atomic E-state index is 12.2. The van der Waals surface area contributed by atoms with Crippen molar-refractivity contribution in [1.29, 1.82) is 0 Å². The van der Waals surface area contributed by atoms with E-state index in [4.69, 9.17) is 4.74 Å². The Morgan fingerprint density at radius 1 is 1.15 bits per heavy atom. The molecule has 26 heavy (non-hydrogen) atoms.